The fourth-order valence-electron chi connectivity index (χ4n) is 3.76. The molecule has 2 heterocycles. The molecule has 2 fully saturated rings. The van der Waals surface area contributed by atoms with Gasteiger partial charge in [0.05, 0.1) is 18.8 Å². The lowest BCUT2D eigenvalue weighted by molar-refractivity contribution is 0.0253. The van der Waals surface area contributed by atoms with Gasteiger partial charge in [0.25, 0.3) is 5.91 Å². The van der Waals surface area contributed by atoms with Crippen LogP contribution in [0.4, 0.5) is 5.69 Å². The predicted molar refractivity (Wildman–Crippen MR) is 106 cm³/mol. The van der Waals surface area contributed by atoms with Crippen molar-refractivity contribution in [2.75, 3.05) is 18.5 Å². The van der Waals surface area contributed by atoms with Crippen LogP contribution < -0.4 is 10.1 Å². The molecule has 1 aromatic carbocycles. The smallest absolute Gasteiger partial charge is 0.257 e. The molecule has 2 aromatic rings. The van der Waals surface area contributed by atoms with E-state index in [9.17, 15) is 4.79 Å². The van der Waals surface area contributed by atoms with Crippen molar-refractivity contribution in [2.24, 2.45) is 7.05 Å². The molecule has 1 saturated heterocycles. The number of hydrogen-bond donors (Lipinski definition) is 1. The highest BCUT2D eigenvalue weighted by Gasteiger charge is 2.29. The summed E-state index contributed by atoms with van der Waals surface area (Å²) in [7, 11) is 2.05. The van der Waals surface area contributed by atoms with Crippen molar-refractivity contribution >= 4 is 11.6 Å². The summed E-state index contributed by atoms with van der Waals surface area (Å²) in [5, 5.41) is 3.04. The molecular formula is C22H28N2O3. The summed E-state index contributed by atoms with van der Waals surface area (Å²) in [5.41, 5.74) is 4.88. The summed E-state index contributed by atoms with van der Waals surface area (Å²) >= 11 is 0. The van der Waals surface area contributed by atoms with Crippen molar-refractivity contribution in [3.05, 3.63) is 46.8 Å². The third kappa shape index (κ3) is 3.88. The quantitative estimate of drug-likeness (QED) is 0.855. The van der Waals surface area contributed by atoms with Gasteiger partial charge in [-0.15, -0.1) is 0 Å². The second-order valence-electron chi connectivity index (χ2n) is 7.77. The molecule has 5 nitrogen and oxygen atoms in total. The zero-order chi connectivity index (χ0) is 19.0. The van der Waals surface area contributed by atoms with Gasteiger partial charge in [-0.2, -0.15) is 0 Å². The number of aryl methyl sites for hydroxylation is 1. The SMILES string of the molecule is Cc1cc(NC(=O)c2cc(C3CC3)n(C)c2C)ccc1OC1CCOCC1. The summed E-state index contributed by atoms with van der Waals surface area (Å²) in [6.07, 6.45) is 4.52. The van der Waals surface area contributed by atoms with E-state index >= 15 is 0 Å². The van der Waals surface area contributed by atoms with Crippen LogP contribution in [0.3, 0.4) is 0 Å². The topological polar surface area (TPSA) is 52.5 Å². The Hall–Kier alpha value is -2.27. The number of anilines is 1. The Labute approximate surface area is 160 Å². The lowest BCUT2D eigenvalue weighted by Crippen LogP contribution is -2.26. The molecule has 1 aromatic heterocycles. The normalized spacial score (nSPS) is 17.7. The lowest BCUT2D eigenvalue weighted by atomic mass is 10.1. The van der Waals surface area contributed by atoms with Crippen LogP contribution in [0.15, 0.2) is 24.3 Å². The van der Waals surface area contributed by atoms with Gasteiger partial charge in [-0.1, -0.05) is 0 Å². The zero-order valence-electron chi connectivity index (χ0n) is 16.4. The van der Waals surface area contributed by atoms with Crippen LogP contribution in [-0.2, 0) is 11.8 Å². The Balaban J connectivity index is 1.45. The van der Waals surface area contributed by atoms with Crippen molar-refractivity contribution < 1.29 is 14.3 Å². The van der Waals surface area contributed by atoms with Crippen LogP contribution in [0.2, 0.25) is 0 Å². The van der Waals surface area contributed by atoms with Gasteiger partial charge in [0.15, 0.2) is 0 Å². The average Bonchev–Trinajstić information content (AvgIpc) is 3.45. The van der Waals surface area contributed by atoms with Crippen molar-refractivity contribution in [2.45, 2.75) is 51.6 Å². The van der Waals surface area contributed by atoms with Crippen LogP contribution in [0.5, 0.6) is 5.75 Å². The van der Waals surface area contributed by atoms with Crippen LogP contribution in [0.25, 0.3) is 0 Å². The first-order valence-corrected chi connectivity index (χ1v) is 9.85. The highest BCUT2D eigenvalue weighted by atomic mass is 16.5. The molecule has 144 valence electrons. The third-order valence-corrected chi connectivity index (χ3v) is 5.71. The minimum Gasteiger partial charge on any atom is -0.490 e. The first-order chi connectivity index (χ1) is 13.0. The van der Waals surface area contributed by atoms with Crippen LogP contribution in [0, 0.1) is 13.8 Å². The van der Waals surface area contributed by atoms with Crippen molar-refractivity contribution in [3.63, 3.8) is 0 Å². The van der Waals surface area contributed by atoms with Crippen molar-refractivity contribution in [1.82, 2.24) is 4.57 Å². The molecule has 27 heavy (non-hydrogen) atoms. The second kappa shape index (κ2) is 7.39. The van der Waals surface area contributed by atoms with Gasteiger partial charge >= 0.3 is 0 Å². The maximum absolute atomic E-state index is 12.8. The lowest BCUT2D eigenvalue weighted by Gasteiger charge is -2.24. The van der Waals surface area contributed by atoms with E-state index in [0.29, 0.717) is 5.92 Å². The molecule has 1 aliphatic carbocycles. The number of benzene rings is 1. The van der Waals surface area contributed by atoms with E-state index < -0.39 is 0 Å². The standard InChI is InChI=1S/C22H28N2O3/c1-14-12-17(6-7-21(14)27-18-8-10-26-11-9-18)23-22(25)19-13-20(16-4-5-16)24(3)15(19)2/h6-7,12-13,16,18H,4-5,8-11H2,1-3H3,(H,23,25). The van der Waals surface area contributed by atoms with E-state index in [1.54, 1.807) is 0 Å². The van der Waals surface area contributed by atoms with Crippen LogP contribution >= 0.6 is 0 Å². The molecule has 2 aliphatic rings. The van der Waals surface area contributed by atoms with Gasteiger partial charge < -0.3 is 19.4 Å². The number of ether oxygens (including phenoxy) is 2. The van der Waals surface area contributed by atoms with Gasteiger partial charge in [0, 0.05) is 37.0 Å². The largest absolute Gasteiger partial charge is 0.490 e. The second-order valence-corrected chi connectivity index (χ2v) is 7.77. The van der Waals surface area contributed by atoms with E-state index in [0.717, 1.165) is 54.3 Å². The van der Waals surface area contributed by atoms with E-state index in [1.807, 2.05) is 39.1 Å². The summed E-state index contributed by atoms with van der Waals surface area (Å²) in [6, 6.07) is 7.90. The Kier molecular flexibility index (Phi) is 4.96. The summed E-state index contributed by atoms with van der Waals surface area (Å²) < 4.78 is 13.6. The van der Waals surface area contributed by atoms with Crippen molar-refractivity contribution in [1.29, 1.82) is 0 Å². The zero-order valence-corrected chi connectivity index (χ0v) is 16.4. The Morgan fingerprint density at radius 2 is 1.89 bits per heavy atom. The molecule has 5 heteroatoms. The number of nitrogens with one attached hydrogen (secondary N) is 1. The average molecular weight is 368 g/mol. The fraction of sp³-hybridized carbons (Fsp3) is 0.500. The van der Waals surface area contributed by atoms with Gasteiger partial charge in [-0.25, -0.2) is 0 Å². The van der Waals surface area contributed by atoms with Crippen LogP contribution in [0.1, 0.15) is 58.9 Å². The molecule has 1 amide bonds. The summed E-state index contributed by atoms with van der Waals surface area (Å²) in [5.74, 6) is 1.46. The molecule has 1 N–H and O–H groups in total. The number of hydrogen-bond acceptors (Lipinski definition) is 3. The van der Waals surface area contributed by atoms with E-state index in [1.165, 1.54) is 18.5 Å². The molecule has 0 bridgehead atoms. The third-order valence-electron chi connectivity index (χ3n) is 5.71. The van der Waals surface area contributed by atoms with Crippen molar-refractivity contribution in [3.8, 4) is 5.75 Å². The molecule has 0 spiro atoms. The maximum atomic E-state index is 12.8. The summed E-state index contributed by atoms with van der Waals surface area (Å²) in [4.78, 5) is 12.8. The molecule has 4 rings (SSSR count). The molecule has 0 radical (unpaired) electrons. The Morgan fingerprint density at radius 1 is 1.15 bits per heavy atom. The number of nitrogens with zero attached hydrogens (tertiary/aromatic N) is 1. The number of carbonyl (C=O) groups excluding carboxylic acids is 1. The van der Waals surface area contributed by atoms with Gasteiger partial charge in [-0.3, -0.25) is 4.79 Å². The van der Waals surface area contributed by atoms with E-state index in [-0.39, 0.29) is 12.0 Å². The Morgan fingerprint density at radius 3 is 2.56 bits per heavy atom. The maximum Gasteiger partial charge on any atom is 0.257 e. The predicted octanol–water partition coefficient (Wildman–Crippen LogP) is 4.33. The minimum absolute atomic E-state index is 0.0486. The monoisotopic (exact) mass is 368 g/mol. The first-order valence-electron chi connectivity index (χ1n) is 9.85. The first kappa shape index (κ1) is 18.1. The van der Waals surface area contributed by atoms with Gasteiger partial charge in [0.1, 0.15) is 11.9 Å². The number of carbonyl (C=O) groups is 1. The minimum atomic E-state index is -0.0486. The number of amides is 1. The number of aromatic nitrogens is 1. The highest BCUT2D eigenvalue weighted by molar-refractivity contribution is 6.05. The molecule has 1 saturated carbocycles. The van der Waals surface area contributed by atoms with Gasteiger partial charge in [0.2, 0.25) is 0 Å². The fourth-order valence-corrected chi connectivity index (χ4v) is 3.76. The van der Waals surface area contributed by atoms with Crippen LogP contribution in [-0.4, -0.2) is 29.8 Å². The highest BCUT2D eigenvalue weighted by Crippen LogP contribution is 2.41. The molecule has 0 atom stereocenters. The Bertz CT molecular complexity index is 845. The van der Waals surface area contributed by atoms with Gasteiger partial charge in [-0.05, 0) is 62.4 Å². The molecular weight excluding hydrogens is 340 g/mol. The van der Waals surface area contributed by atoms with E-state index in [2.05, 4.69) is 16.0 Å². The molecule has 0 unspecified atom stereocenters. The molecule has 1 aliphatic heterocycles. The number of rotatable bonds is 5. The van der Waals surface area contributed by atoms with E-state index in [4.69, 9.17) is 9.47 Å². The summed E-state index contributed by atoms with van der Waals surface area (Å²) in [6.45, 7) is 5.55.